The second kappa shape index (κ2) is 11.3. The van der Waals surface area contributed by atoms with Crippen LogP contribution in [0.4, 0.5) is 13.2 Å². The Bertz CT molecular complexity index is 1060. The zero-order chi connectivity index (χ0) is 24.1. The molecule has 1 aliphatic carbocycles. The van der Waals surface area contributed by atoms with Gasteiger partial charge in [-0.25, -0.2) is 13.2 Å². The van der Waals surface area contributed by atoms with Crippen LogP contribution in [0.2, 0.25) is 0 Å². The highest BCUT2D eigenvalue weighted by atomic mass is 19.3. The van der Waals surface area contributed by atoms with Gasteiger partial charge in [0.15, 0.2) is 0 Å². The molecule has 0 saturated heterocycles. The first kappa shape index (κ1) is 24.6. The zero-order valence-electron chi connectivity index (χ0n) is 20.3. The molecule has 1 saturated carbocycles. The molecule has 0 spiro atoms. The van der Waals surface area contributed by atoms with Crippen LogP contribution in [0.15, 0.2) is 60.7 Å². The molecule has 1 aliphatic rings. The summed E-state index contributed by atoms with van der Waals surface area (Å²) < 4.78 is 41.3. The predicted octanol–water partition coefficient (Wildman–Crippen LogP) is 9.94. The summed E-state index contributed by atoms with van der Waals surface area (Å²) in [6.45, 7) is 3.80. The molecule has 0 aromatic heterocycles. The third-order valence-electron chi connectivity index (χ3n) is 7.60. The largest absolute Gasteiger partial charge is 0.266 e. The van der Waals surface area contributed by atoms with E-state index in [0.717, 1.165) is 29.4 Å². The first-order valence-corrected chi connectivity index (χ1v) is 12.7. The fraction of sp³-hybridized carbons (Fsp3) is 0.419. The van der Waals surface area contributed by atoms with Crippen LogP contribution in [0.25, 0.3) is 22.3 Å². The molecule has 3 aromatic rings. The Morgan fingerprint density at radius 3 is 1.82 bits per heavy atom. The van der Waals surface area contributed by atoms with Gasteiger partial charge in [-0.2, -0.15) is 0 Å². The highest BCUT2D eigenvalue weighted by molar-refractivity contribution is 5.71. The van der Waals surface area contributed by atoms with Gasteiger partial charge in [0.25, 0.3) is 6.43 Å². The SMILES string of the molecule is CCCC1CCC(CCc2ccc(-c3ccc(-c4ccc(C)c(C(F)F)c4F)cc3)cc2)CC1. The van der Waals surface area contributed by atoms with Gasteiger partial charge in [-0.05, 0) is 59.4 Å². The van der Waals surface area contributed by atoms with Crippen molar-refractivity contribution in [3.8, 4) is 22.3 Å². The van der Waals surface area contributed by atoms with E-state index in [1.165, 1.54) is 57.4 Å². The Morgan fingerprint density at radius 1 is 0.735 bits per heavy atom. The molecule has 0 heterocycles. The van der Waals surface area contributed by atoms with Crippen molar-refractivity contribution in [3.63, 3.8) is 0 Å². The third kappa shape index (κ3) is 5.74. The highest BCUT2D eigenvalue weighted by Gasteiger charge is 2.21. The fourth-order valence-corrected chi connectivity index (χ4v) is 5.47. The van der Waals surface area contributed by atoms with Gasteiger partial charge in [0.2, 0.25) is 0 Å². The lowest BCUT2D eigenvalue weighted by atomic mass is 9.78. The minimum Gasteiger partial charge on any atom is -0.206 e. The van der Waals surface area contributed by atoms with E-state index in [4.69, 9.17) is 0 Å². The number of halogens is 3. The molecule has 0 radical (unpaired) electrons. The molecule has 0 nitrogen and oxygen atoms in total. The first-order chi connectivity index (χ1) is 16.5. The van der Waals surface area contributed by atoms with E-state index < -0.39 is 17.8 Å². The number of hydrogen-bond donors (Lipinski definition) is 0. The lowest BCUT2D eigenvalue weighted by Gasteiger charge is -2.28. The molecular weight excluding hydrogens is 429 g/mol. The second-order valence-corrected chi connectivity index (χ2v) is 9.95. The lowest BCUT2D eigenvalue weighted by Crippen LogP contribution is -2.15. The van der Waals surface area contributed by atoms with Crippen molar-refractivity contribution in [2.75, 3.05) is 0 Å². The van der Waals surface area contributed by atoms with E-state index >= 15 is 0 Å². The molecule has 3 aromatic carbocycles. The maximum absolute atomic E-state index is 14.7. The summed E-state index contributed by atoms with van der Waals surface area (Å²) in [6, 6.07) is 19.3. The maximum atomic E-state index is 14.7. The van der Waals surface area contributed by atoms with E-state index in [0.29, 0.717) is 5.56 Å². The molecule has 0 amide bonds. The lowest BCUT2D eigenvalue weighted by molar-refractivity contribution is 0.145. The third-order valence-corrected chi connectivity index (χ3v) is 7.60. The van der Waals surface area contributed by atoms with Crippen LogP contribution in [0, 0.1) is 24.6 Å². The topological polar surface area (TPSA) is 0 Å². The second-order valence-electron chi connectivity index (χ2n) is 9.95. The zero-order valence-corrected chi connectivity index (χ0v) is 20.3. The number of benzene rings is 3. The Labute approximate surface area is 202 Å². The molecule has 1 fully saturated rings. The summed E-state index contributed by atoms with van der Waals surface area (Å²) in [4.78, 5) is 0. The van der Waals surface area contributed by atoms with E-state index in [2.05, 4.69) is 31.2 Å². The molecule has 4 rings (SSSR count). The van der Waals surface area contributed by atoms with Crippen LogP contribution in [0.5, 0.6) is 0 Å². The van der Waals surface area contributed by atoms with Gasteiger partial charge in [0.1, 0.15) is 5.82 Å². The summed E-state index contributed by atoms with van der Waals surface area (Å²) >= 11 is 0. The van der Waals surface area contributed by atoms with Crippen molar-refractivity contribution < 1.29 is 13.2 Å². The van der Waals surface area contributed by atoms with Gasteiger partial charge in [-0.3, -0.25) is 0 Å². The van der Waals surface area contributed by atoms with Crippen LogP contribution in [-0.4, -0.2) is 0 Å². The van der Waals surface area contributed by atoms with Crippen molar-refractivity contribution in [3.05, 3.63) is 83.2 Å². The van der Waals surface area contributed by atoms with Gasteiger partial charge in [0, 0.05) is 5.56 Å². The Morgan fingerprint density at radius 2 is 1.26 bits per heavy atom. The van der Waals surface area contributed by atoms with Gasteiger partial charge < -0.3 is 0 Å². The normalized spacial score (nSPS) is 18.4. The number of aryl methyl sites for hydroxylation is 2. The Hall–Kier alpha value is -2.55. The average molecular weight is 465 g/mol. The molecular formula is C31H35F3. The molecule has 0 atom stereocenters. The Kier molecular flexibility index (Phi) is 8.13. The summed E-state index contributed by atoms with van der Waals surface area (Å²) in [5.41, 5.74) is 4.10. The van der Waals surface area contributed by atoms with Gasteiger partial charge in [-0.1, -0.05) is 106 Å². The van der Waals surface area contributed by atoms with Crippen molar-refractivity contribution >= 4 is 0 Å². The van der Waals surface area contributed by atoms with E-state index in [1.54, 1.807) is 24.3 Å². The standard InChI is InChI=1S/C31H35F3/c1-3-4-22-6-8-23(9-7-22)10-11-24-12-14-25(15-13-24)26-16-18-27(19-17-26)28-20-5-21(2)29(30(28)32)31(33)34/h5,12-20,22-23,31H,3-4,6-11H2,1-2H3. The van der Waals surface area contributed by atoms with Crippen LogP contribution < -0.4 is 0 Å². The van der Waals surface area contributed by atoms with Crippen LogP contribution in [0.3, 0.4) is 0 Å². The number of rotatable bonds is 8. The van der Waals surface area contributed by atoms with Crippen LogP contribution in [0.1, 0.15) is 75.0 Å². The van der Waals surface area contributed by atoms with E-state index in [9.17, 15) is 13.2 Å². The van der Waals surface area contributed by atoms with Crippen LogP contribution >= 0.6 is 0 Å². The maximum Gasteiger partial charge on any atom is 0.266 e. The van der Waals surface area contributed by atoms with Gasteiger partial charge in [-0.15, -0.1) is 0 Å². The van der Waals surface area contributed by atoms with Crippen molar-refractivity contribution in [2.24, 2.45) is 11.8 Å². The molecule has 34 heavy (non-hydrogen) atoms. The monoisotopic (exact) mass is 464 g/mol. The molecule has 3 heteroatoms. The molecule has 0 unspecified atom stereocenters. The Balaban J connectivity index is 1.38. The van der Waals surface area contributed by atoms with Crippen LogP contribution in [-0.2, 0) is 6.42 Å². The van der Waals surface area contributed by atoms with E-state index in [-0.39, 0.29) is 11.1 Å². The molecule has 0 bridgehead atoms. The molecule has 0 aliphatic heterocycles. The molecule has 180 valence electrons. The summed E-state index contributed by atoms with van der Waals surface area (Å²) in [5, 5.41) is 0. The smallest absolute Gasteiger partial charge is 0.206 e. The van der Waals surface area contributed by atoms with Crippen molar-refractivity contribution in [1.82, 2.24) is 0 Å². The van der Waals surface area contributed by atoms with E-state index in [1.807, 2.05) is 12.1 Å². The quantitative estimate of drug-likeness (QED) is 0.311. The predicted molar refractivity (Wildman–Crippen MR) is 136 cm³/mol. The molecule has 0 N–H and O–H groups in total. The minimum atomic E-state index is -2.83. The van der Waals surface area contributed by atoms with Crippen molar-refractivity contribution in [1.29, 1.82) is 0 Å². The fourth-order valence-electron chi connectivity index (χ4n) is 5.47. The van der Waals surface area contributed by atoms with Crippen molar-refractivity contribution in [2.45, 2.75) is 71.6 Å². The summed E-state index contributed by atoms with van der Waals surface area (Å²) in [6.07, 6.45) is 7.86. The highest BCUT2D eigenvalue weighted by Crippen LogP contribution is 2.35. The minimum absolute atomic E-state index is 0.214. The average Bonchev–Trinajstić information content (AvgIpc) is 2.84. The van der Waals surface area contributed by atoms with Gasteiger partial charge >= 0.3 is 0 Å². The van der Waals surface area contributed by atoms with Gasteiger partial charge in [0.05, 0.1) is 5.56 Å². The summed E-state index contributed by atoms with van der Waals surface area (Å²) in [7, 11) is 0. The summed E-state index contributed by atoms with van der Waals surface area (Å²) in [5.74, 6) is 1.000. The number of hydrogen-bond acceptors (Lipinski definition) is 0. The number of alkyl halides is 2. The first-order valence-electron chi connectivity index (χ1n) is 12.7.